The van der Waals surface area contributed by atoms with E-state index >= 15 is 0 Å². The van der Waals surface area contributed by atoms with Gasteiger partial charge in [0, 0.05) is 6.04 Å². The van der Waals surface area contributed by atoms with Gasteiger partial charge >= 0.3 is 0 Å². The van der Waals surface area contributed by atoms with Gasteiger partial charge in [0.1, 0.15) is 0 Å². The molecule has 0 saturated heterocycles. The molecule has 14 heavy (non-hydrogen) atoms. The van der Waals surface area contributed by atoms with Crippen molar-refractivity contribution in [1.82, 2.24) is 0 Å². The van der Waals surface area contributed by atoms with Crippen LogP contribution >= 0.6 is 0 Å². The highest BCUT2D eigenvalue weighted by atomic mass is 14.6. The zero-order chi connectivity index (χ0) is 10.1. The Hall–Kier alpha value is -0.820. The molecule has 2 rings (SSSR count). The molecule has 0 amide bonds. The van der Waals surface area contributed by atoms with Crippen molar-refractivity contribution in [3.8, 4) is 0 Å². The third-order valence-corrected chi connectivity index (χ3v) is 3.52. The van der Waals surface area contributed by atoms with Gasteiger partial charge in [-0.3, -0.25) is 0 Å². The van der Waals surface area contributed by atoms with E-state index in [2.05, 4.69) is 38.1 Å². The molecule has 1 aliphatic carbocycles. The van der Waals surface area contributed by atoms with Crippen molar-refractivity contribution in [2.45, 2.75) is 38.6 Å². The lowest BCUT2D eigenvalue weighted by atomic mass is 9.73. The molecule has 1 aromatic carbocycles. The molecule has 1 aliphatic rings. The average Bonchev–Trinajstić information content (AvgIpc) is 2.13. The summed E-state index contributed by atoms with van der Waals surface area (Å²) in [4.78, 5) is 0. The first-order valence-electron chi connectivity index (χ1n) is 5.52. The minimum Gasteiger partial charge on any atom is -0.328 e. The largest absolute Gasteiger partial charge is 0.328 e. The molecule has 0 heterocycles. The molecule has 0 bridgehead atoms. The van der Waals surface area contributed by atoms with Crippen molar-refractivity contribution in [1.29, 1.82) is 0 Å². The number of nitrogens with two attached hydrogens (primary N) is 1. The van der Waals surface area contributed by atoms with Crippen LogP contribution in [0.2, 0.25) is 0 Å². The smallest absolute Gasteiger partial charge is 0.00363 e. The lowest BCUT2D eigenvalue weighted by Gasteiger charge is -2.33. The van der Waals surface area contributed by atoms with Gasteiger partial charge in [0.05, 0.1) is 0 Å². The maximum Gasteiger partial charge on any atom is 0.00363 e. The molecule has 1 aromatic rings. The number of fused-ring (bicyclic) bond motifs is 1. The maximum absolute atomic E-state index is 5.88. The van der Waals surface area contributed by atoms with Crippen molar-refractivity contribution in [3.63, 3.8) is 0 Å². The van der Waals surface area contributed by atoms with Gasteiger partial charge in [-0.15, -0.1) is 0 Å². The van der Waals surface area contributed by atoms with Crippen molar-refractivity contribution in [3.05, 3.63) is 35.4 Å². The lowest BCUT2D eigenvalue weighted by molar-refractivity contribution is 0.388. The van der Waals surface area contributed by atoms with Crippen LogP contribution in [0.5, 0.6) is 0 Å². The Morgan fingerprint density at radius 2 is 2.07 bits per heavy atom. The molecule has 3 atom stereocenters. The first-order valence-corrected chi connectivity index (χ1v) is 5.52. The molecule has 76 valence electrons. The molecule has 1 heteroatoms. The molecular formula is C13H19N. The molecule has 3 unspecified atom stereocenters. The van der Waals surface area contributed by atoms with E-state index in [1.165, 1.54) is 18.4 Å². The van der Waals surface area contributed by atoms with Gasteiger partial charge in [0.15, 0.2) is 0 Å². The Morgan fingerprint density at radius 1 is 1.36 bits per heavy atom. The first kappa shape index (κ1) is 9.72. The number of benzene rings is 1. The third kappa shape index (κ3) is 1.69. The zero-order valence-corrected chi connectivity index (χ0v) is 9.03. The fraction of sp³-hybridized carbons (Fsp3) is 0.538. The van der Waals surface area contributed by atoms with Crippen molar-refractivity contribution in [2.75, 3.05) is 0 Å². The van der Waals surface area contributed by atoms with Gasteiger partial charge in [-0.05, 0) is 42.7 Å². The monoisotopic (exact) mass is 189 g/mol. The summed E-state index contributed by atoms with van der Waals surface area (Å²) in [6, 6.07) is 9.09. The average molecular weight is 189 g/mol. The molecule has 0 radical (unpaired) electrons. The molecule has 0 saturated carbocycles. The van der Waals surface area contributed by atoms with E-state index in [1.54, 1.807) is 5.56 Å². The standard InChI is InChI=1S/C13H19N/c1-9(10(2)14)7-12-8-11-5-3-4-6-13(11)12/h3-6,9-10,12H,7-8,14H2,1-2H3. The highest BCUT2D eigenvalue weighted by Crippen LogP contribution is 2.39. The van der Waals surface area contributed by atoms with Crippen LogP contribution in [0.3, 0.4) is 0 Å². The number of hydrogen-bond acceptors (Lipinski definition) is 1. The van der Waals surface area contributed by atoms with Crippen LogP contribution in [0.1, 0.15) is 37.3 Å². The summed E-state index contributed by atoms with van der Waals surface area (Å²) < 4.78 is 0. The normalized spacial score (nSPS) is 23.5. The van der Waals surface area contributed by atoms with E-state index in [0.29, 0.717) is 12.0 Å². The Morgan fingerprint density at radius 3 is 2.71 bits per heavy atom. The summed E-state index contributed by atoms with van der Waals surface area (Å²) in [6.07, 6.45) is 2.50. The minimum atomic E-state index is 0.322. The summed E-state index contributed by atoms with van der Waals surface area (Å²) in [5, 5.41) is 0. The van der Waals surface area contributed by atoms with E-state index < -0.39 is 0 Å². The van der Waals surface area contributed by atoms with Gasteiger partial charge in [-0.25, -0.2) is 0 Å². The van der Waals surface area contributed by atoms with Crippen LogP contribution < -0.4 is 5.73 Å². The van der Waals surface area contributed by atoms with Gasteiger partial charge in [0.25, 0.3) is 0 Å². The summed E-state index contributed by atoms with van der Waals surface area (Å²) in [6.45, 7) is 4.36. The Labute approximate surface area is 86.3 Å². The summed E-state index contributed by atoms with van der Waals surface area (Å²) >= 11 is 0. The highest BCUT2D eigenvalue weighted by molar-refractivity contribution is 5.39. The van der Waals surface area contributed by atoms with Crippen LogP contribution in [0.4, 0.5) is 0 Å². The van der Waals surface area contributed by atoms with Crippen LogP contribution in [0, 0.1) is 5.92 Å². The first-order chi connectivity index (χ1) is 6.68. The topological polar surface area (TPSA) is 26.0 Å². The Balaban J connectivity index is 1.99. The van der Waals surface area contributed by atoms with Crippen molar-refractivity contribution < 1.29 is 0 Å². The van der Waals surface area contributed by atoms with Gasteiger partial charge in [-0.2, -0.15) is 0 Å². The van der Waals surface area contributed by atoms with E-state index in [4.69, 9.17) is 5.73 Å². The maximum atomic E-state index is 5.88. The molecule has 2 N–H and O–H groups in total. The minimum absolute atomic E-state index is 0.322. The Bertz CT molecular complexity index is 317. The molecule has 1 nitrogen and oxygen atoms in total. The predicted molar refractivity (Wildman–Crippen MR) is 60.3 cm³/mol. The lowest BCUT2D eigenvalue weighted by Crippen LogP contribution is -2.28. The van der Waals surface area contributed by atoms with Crippen LogP contribution in [-0.4, -0.2) is 6.04 Å². The Kier molecular flexibility index (Phi) is 2.60. The third-order valence-electron chi connectivity index (χ3n) is 3.52. The summed E-state index contributed by atoms with van der Waals surface area (Å²) in [5.74, 6) is 1.40. The number of hydrogen-bond donors (Lipinski definition) is 1. The second kappa shape index (κ2) is 3.74. The summed E-state index contributed by atoms with van der Waals surface area (Å²) in [7, 11) is 0. The zero-order valence-electron chi connectivity index (χ0n) is 9.03. The van der Waals surface area contributed by atoms with E-state index in [-0.39, 0.29) is 0 Å². The fourth-order valence-electron chi connectivity index (χ4n) is 2.24. The predicted octanol–water partition coefficient (Wildman–Crippen LogP) is 2.70. The van der Waals surface area contributed by atoms with Crippen molar-refractivity contribution in [2.24, 2.45) is 11.7 Å². The van der Waals surface area contributed by atoms with Gasteiger partial charge in [0.2, 0.25) is 0 Å². The highest BCUT2D eigenvalue weighted by Gasteiger charge is 2.27. The molecular weight excluding hydrogens is 170 g/mol. The quantitative estimate of drug-likeness (QED) is 0.777. The van der Waals surface area contributed by atoms with Crippen LogP contribution in [0.25, 0.3) is 0 Å². The van der Waals surface area contributed by atoms with Gasteiger partial charge in [-0.1, -0.05) is 31.2 Å². The van der Waals surface area contributed by atoms with Crippen LogP contribution in [0.15, 0.2) is 24.3 Å². The van der Waals surface area contributed by atoms with E-state index in [1.807, 2.05) is 0 Å². The molecule has 0 fully saturated rings. The molecule has 0 spiro atoms. The fourth-order valence-corrected chi connectivity index (χ4v) is 2.24. The van der Waals surface area contributed by atoms with E-state index in [0.717, 1.165) is 5.92 Å². The number of rotatable bonds is 3. The molecule has 0 aliphatic heterocycles. The SMILES string of the molecule is CC(N)C(C)CC1Cc2ccccc21. The van der Waals surface area contributed by atoms with Crippen molar-refractivity contribution >= 4 is 0 Å². The van der Waals surface area contributed by atoms with Crippen LogP contribution in [-0.2, 0) is 6.42 Å². The van der Waals surface area contributed by atoms with Gasteiger partial charge < -0.3 is 5.73 Å². The second-order valence-electron chi connectivity index (χ2n) is 4.67. The second-order valence-corrected chi connectivity index (χ2v) is 4.67. The summed E-state index contributed by atoms with van der Waals surface area (Å²) in [5.41, 5.74) is 8.98. The van der Waals surface area contributed by atoms with E-state index in [9.17, 15) is 0 Å². The molecule has 0 aromatic heterocycles.